The van der Waals surface area contributed by atoms with Gasteiger partial charge in [-0.1, -0.05) is 13.8 Å². The molecule has 4 nitrogen and oxygen atoms in total. The van der Waals surface area contributed by atoms with E-state index in [4.69, 9.17) is 4.74 Å². The lowest BCUT2D eigenvalue weighted by atomic mass is 9.92. The molecule has 1 heterocycles. The van der Waals surface area contributed by atoms with Crippen LogP contribution in [0.2, 0.25) is 0 Å². The number of nitrogens with zero attached hydrogens (tertiary/aromatic N) is 1. The Morgan fingerprint density at radius 2 is 1.94 bits per heavy atom. The molecule has 1 aliphatic heterocycles. The zero-order valence-electron chi connectivity index (χ0n) is 11.3. The summed E-state index contributed by atoms with van der Waals surface area (Å²) in [5, 5.41) is 12.9. The average Bonchev–Trinajstić information content (AvgIpc) is 2.40. The van der Waals surface area contributed by atoms with Crippen LogP contribution in [0, 0.1) is 5.92 Å². The van der Waals surface area contributed by atoms with Crippen molar-refractivity contribution < 1.29 is 9.84 Å². The van der Waals surface area contributed by atoms with Gasteiger partial charge in [0.25, 0.3) is 0 Å². The molecule has 0 spiro atoms. The van der Waals surface area contributed by atoms with E-state index >= 15 is 0 Å². The lowest BCUT2D eigenvalue weighted by molar-refractivity contribution is 0.0434. The van der Waals surface area contributed by atoms with Gasteiger partial charge in [-0.05, 0) is 31.8 Å². The number of ether oxygens (including phenoxy) is 1. The first-order chi connectivity index (χ1) is 8.31. The van der Waals surface area contributed by atoms with E-state index in [9.17, 15) is 5.11 Å². The molecular formula is C13H28N2O2. The van der Waals surface area contributed by atoms with Gasteiger partial charge in [0.1, 0.15) is 0 Å². The third-order valence-electron chi connectivity index (χ3n) is 3.76. The molecule has 0 amide bonds. The van der Waals surface area contributed by atoms with Gasteiger partial charge in [-0.15, -0.1) is 0 Å². The highest BCUT2D eigenvalue weighted by Crippen LogP contribution is 2.18. The fourth-order valence-electron chi connectivity index (χ4n) is 2.45. The van der Waals surface area contributed by atoms with Crippen molar-refractivity contribution in [2.75, 3.05) is 46.0 Å². The Bertz CT molecular complexity index is 180. The molecule has 0 saturated carbocycles. The third kappa shape index (κ3) is 5.34. The molecule has 1 atom stereocenters. The third-order valence-corrected chi connectivity index (χ3v) is 3.76. The molecule has 1 fully saturated rings. The van der Waals surface area contributed by atoms with Crippen LogP contribution in [0.25, 0.3) is 0 Å². The molecule has 0 aromatic carbocycles. The second kappa shape index (κ2) is 8.86. The Kier molecular flexibility index (Phi) is 7.77. The second-order valence-electron chi connectivity index (χ2n) is 4.72. The molecule has 1 saturated heterocycles. The molecule has 102 valence electrons. The van der Waals surface area contributed by atoms with Gasteiger partial charge < -0.3 is 20.1 Å². The van der Waals surface area contributed by atoms with Gasteiger partial charge in [-0.25, -0.2) is 0 Å². The Balaban J connectivity index is 2.21. The van der Waals surface area contributed by atoms with Gasteiger partial charge >= 0.3 is 0 Å². The number of aliphatic hydroxyl groups excluding tert-OH is 1. The van der Waals surface area contributed by atoms with E-state index in [1.165, 1.54) is 0 Å². The number of hydrogen-bond acceptors (Lipinski definition) is 4. The topological polar surface area (TPSA) is 44.7 Å². The minimum absolute atomic E-state index is 0.239. The van der Waals surface area contributed by atoms with E-state index in [1.54, 1.807) is 0 Å². The van der Waals surface area contributed by atoms with E-state index in [-0.39, 0.29) is 12.6 Å². The summed E-state index contributed by atoms with van der Waals surface area (Å²) in [7, 11) is 0. The Morgan fingerprint density at radius 3 is 2.47 bits per heavy atom. The van der Waals surface area contributed by atoms with E-state index in [0.717, 1.165) is 52.2 Å². The fourth-order valence-corrected chi connectivity index (χ4v) is 2.45. The quantitative estimate of drug-likeness (QED) is 0.660. The zero-order chi connectivity index (χ0) is 12.5. The van der Waals surface area contributed by atoms with Crippen LogP contribution in [0.1, 0.15) is 26.7 Å². The predicted octanol–water partition coefficient (Wildman–Crippen LogP) is 0.705. The minimum atomic E-state index is 0.239. The molecule has 17 heavy (non-hydrogen) atoms. The van der Waals surface area contributed by atoms with Crippen LogP contribution in [-0.4, -0.2) is 62.0 Å². The SMILES string of the molecule is CCN(CC)CCNC(CO)C1CCOCC1. The normalized spacial score (nSPS) is 19.8. The highest BCUT2D eigenvalue weighted by Gasteiger charge is 2.22. The summed E-state index contributed by atoms with van der Waals surface area (Å²) in [5.74, 6) is 0.574. The molecule has 0 bridgehead atoms. The van der Waals surface area contributed by atoms with Crippen molar-refractivity contribution in [2.45, 2.75) is 32.7 Å². The summed E-state index contributed by atoms with van der Waals surface area (Å²) in [6.07, 6.45) is 2.15. The van der Waals surface area contributed by atoms with Crippen LogP contribution in [-0.2, 0) is 4.74 Å². The lowest BCUT2D eigenvalue weighted by Crippen LogP contribution is -2.44. The van der Waals surface area contributed by atoms with E-state index in [1.807, 2.05) is 0 Å². The Labute approximate surface area is 105 Å². The smallest absolute Gasteiger partial charge is 0.0587 e. The van der Waals surface area contributed by atoms with Crippen molar-refractivity contribution in [3.05, 3.63) is 0 Å². The summed E-state index contributed by atoms with van der Waals surface area (Å²) in [6, 6.07) is 0.245. The lowest BCUT2D eigenvalue weighted by Gasteiger charge is -2.30. The molecule has 0 radical (unpaired) electrons. The van der Waals surface area contributed by atoms with Crippen LogP contribution in [0.4, 0.5) is 0 Å². The van der Waals surface area contributed by atoms with Gasteiger partial charge in [0.15, 0.2) is 0 Å². The van der Waals surface area contributed by atoms with Gasteiger partial charge in [0.2, 0.25) is 0 Å². The van der Waals surface area contributed by atoms with Crippen molar-refractivity contribution in [3.8, 4) is 0 Å². The molecule has 0 aliphatic carbocycles. The van der Waals surface area contributed by atoms with Crippen molar-refractivity contribution in [3.63, 3.8) is 0 Å². The molecule has 1 aliphatic rings. The van der Waals surface area contributed by atoms with E-state index in [2.05, 4.69) is 24.1 Å². The van der Waals surface area contributed by atoms with Gasteiger partial charge in [0, 0.05) is 32.3 Å². The van der Waals surface area contributed by atoms with Gasteiger partial charge in [-0.3, -0.25) is 0 Å². The molecule has 2 N–H and O–H groups in total. The summed E-state index contributed by atoms with van der Waals surface area (Å²) >= 11 is 0. The predicted molar refractivity (Wildman–Crippen MR) is 70.2 cm³/mol. The standard InChI is InChI=1S/C13H28N2O2/c1-3-15(4-2)8-7-14-13(11-16)12-5-9-17-10-6-12/h12-14,16H,3-11H2,1-2H3. The zero-order valence-corrected chi connectivity index (χ0v) is 11.3. The first kappa shape index (κ1) is 14.9. The van der Waals surface area contributed by atoms with Gasteiger partial charge in [0.05, 0.1) is 6.61 Å². The van der Waals surface area contributed by atoms with Crippen molar-refractivity contribution in [2.24, 2.45) is 5.92 Å². The molecule has 0 aromatic rings. The number of rotatable bonds is 8. The van der Waals surface area contributed by atoms with Crippen LogP contribution in [0.5, 0.6) is 0 Å². The summed E-state index contributed by atoms with van der Waals surface area (Å²) in [5.41, 5.74) is 0. The first-order valence-corrected chi connectivity index (χ1v) is 6.96. The van der Waals surface area contributed by atoms with Crippen molar-refractivity contribution >= 4 is 0 Å². The Morgan fingerprint density at radius 1 is 1.29 bits per heavy atom. The maximum Gasteiger partial charge on any atom is 0.0587 e. The average molecular weight is 244 g/mol. The van der Waals surface area contributed by atoms with Crippen LogP contribution < -0.4 is 5.32 Å². The summed E-state index contributed by atoms with van der Waals surface area (Å²) < 4.78 is 5.35. The number of nitrogens with one attached hydrogen (secondary N) is 1. The fraction of sp³-hybridized carbons (Fsp3) is 1.00. The molecule has 1 rings (SSSR count). The molecular weight excluding hydrogens is 216 g/mol. The highest BCUT2D eigenvalue weighted by molar-refractivity contribution is 4.78. The van der Waals surface area contributed by atoms with Crippen molar-refractivity contribution in [1.29, 1.82) is 0 Å². The Hall–Kier alpha value is -0.160. The first-order valence-electron chi connectivity index (χ1n) is 6.96. The number of aliphatic hydroxyl groups is 1. The van der Waals surface area contributed by atoms with E-state index in [0.29, 0.717) is 5.92 Å². The summed E-state index contributed by atoms with van der Waals surface area (Å²) in [4.78, 5) is 2.39. The minimum Gasteiger partial charge on any atom is -0.395 e. The monoisotopic (exact) mass is 244 g/mol. The van der Waals surface area contributed by atoms with Crippen LogP contribution >= 0.6 is 0 Å². The highest BCUT2D eigenvalue weighted by atomic mass is 16.5. The molecule has 1 unspecified atom stereocenters. The number of hydrogen-bond donors (Lipinski definition) is 2. The number of likely N-dealkylation sites (N-methyl/N-ethyl adjacent to an activating group) is 1. The molecule has 0 aromatic heterocycles. The summed E-state index contributed by atoms with van der Waals surface area (Å²) in [6.45, 7) is 10.5. The van der Waals surface area contributed by atoms with Crippen molar-refractivity contribution in [1.82, 2.24) is 10.2 Å². The van der Waals surface area contributed by atoms with E-state index < -0.39 is 0 Å². The largest absolute Gasteiger partial charge is 0.395 e. The van der Waals surface area contributed by atoms with Gasteiger partial charge in [-0.2, -0.15) is 0 Å². The molecule has 4 heteroatoms. The van der Waals surface area contributed by atoms with Crippen LogP contribution in [0.15, 0.2) is 0 Å². The maximum atomic E-state index is 9.44. The van der Waals surface area contributed by atoms with Crippen LogP contribution in [0.3, 0.4) is 0 Å². The maximum absolute atomic E-state index is 9.44. The second-order valence-corrected chi connectivity index (χ2v) is 4.72.